The van der Waals surface area contributed by atoms with Crippen molar-refractivity contribution in [1.82, 2.24) is 10.3 Å². The third kappa shape index (κ3) is 3.61. The number of para-hydroxylation sites is 2. The number of methoxy groups -OCH3 is 1. The molecule has 1 N–H and O–H groups in total. The van der Waals surface area contributed by atoms with E-state index in [1.165, 1.54) is 0 Å². The third-order valence-electron chi connectivity index (χ3n) is 4.28. The number of halogens is 1. The van der Waals surface area contributed by atoms with Crippen LogP contribution in [0.15, 0.2) is 48.5 Å². The molecule has 138 valence electrons. The Morgan fingerprint density at radius 1 is 1.26 bits per heavy atom. The van der Waals surface area contributed by atoms with Gasteiger partial charge in [0.2, 0.25) is 0 Å². The maximum atomic E-state index is 12.6. The highest BCUT2D eigenvalue weighted by Crippen LogP contribution is 2.30. The van der Waals surface area contributed by atoms with Gasteiger partial charge in [0.1, 0.15) is 23.6 Å². The highest BCUT2D eigenvalue weighted by Gasteiger charge is 2.22. The number of ether oxygens (including phenoxy) is 3. The van der Waals surface area contributed by atoms with E-state index in [1.54, 1.807) is 25.3 Å². The number of rotatable bonds is 4. The molecule has 0 unspecified atom stereocenters. The largest absolute Gasteiger partial charge is 0.497 e. The molecule has 6 nitrogen and oxygen atoms in total. The van der Waals surface area contributed by atoms with Crippen molar-refractivity contribution in [3.63, 3.8) is 0 Å². The monoisotopic (exact) mass is 384 g/mol. The molecule has 0 aliphatic carbocycles. The van der Waals surface area contributed by atoms with Gasteiger partial charge in [-0.3, -0.25) is 4.79 Å². The number of aromatic nitrogens is 1. The molecule has 1 aromatic heterocycles. The molecule has 1 aliphatic heterocycles. The van der Waals surface area contributed by atoms with E-state index in [0.717, 1.165) is 5.39 Å². The Hall–Kier alpha value is -2.99. The maximum Gasteiger partial charge on any atom is 0.254 e. The number of benzene rings is 2. The minimum Gasteiger partial charge on any atom is -0.497 e. The smallest absolute Gasteiger partial charge is 0.254 e. The second-order valence-electron chi connectivity index (χ2n) is 6.09. The van der Waals surface area contributed by atoms with Crippen LogP contribution in [0.3, 0.4) is 0 Å². The number of carbonyl (C=O) groups excluding carboxylic acids is 1. The van der Waals surface area contributed by atoms with Crippen LogP contribution in [0.5, 0.6) is 17.2 Å². The van der Waals surface area contributed by atoms with Gasteiger partial charge < -0.3 is 19.5 Å². The normalized spacial score (nSPS) is 15.4. The van der Waals surface area contributed by atoms with Crippen molar-refractivity contribution in [2.24, 2.45) is 0 Å². The second kappa shape index (κ2) is 7.32. The van der Waals surface area contributed by atoms with E-state index in [2.05, 4.69) is 10.3 Å². The minimum atomic E-state index is -0.320. The molecule has 3 aromatic rings. The standard InChI is InChI=1S/C20H17ClN2O4/c1-25-13-6-7-16-12(8-13)9-15(19(21)23-16)20(24)22-10-14-11-26-17-4-2-3-5-18(17)27-14/h2-9,14H,10-11H2,1H3,(H,22,24)/t14-/m0/s1. The summed E-state index contributed by atoms with van der Waals surface area (Å²) in [7, 11) is 1.59. The van der Waals surface area contributed by atoms with Crippen molar-refractivity contribution >= 4 is 28.4 Å². The van der Waals surface area contributed by atoms with Crippen molar-refractivity contribution in [2.45, 2.75) is 6.10 Å². The predicted molar refractivity (Wildman–Crippen MR) is 102 cm³/mol. The van der Waals surface area contributed by atoms with Crippen molar-refractivity contribution in [3.05, 3.63) is 59.2 Å². The zero-order valence-corrected chi connectivity index (χ0v) is 15.3. The van der Waals surface area contributed by atoms with Gasteiger partial charge in [0, 0.05) is 5.39 Å². The van der Waals surface area contributed by atoms with Crippen LogP contribution in [0.2, 0.25) is 5.15 Å². The molecule has 2 aromatic carbocycles. The molecule has 0 saturated carbocycles. The highest BCUT2D eigenvalue weighted by atomic mass is 35.5. The van der Waals surface area contributed by atoms with Crippen molar-refractivity contribution in [3.8, 4) is 17.2 Å². The fourth-order valence-corrected chi connectivity index (χ4v) is 3.11. The number of nitrogens with zero attached hydrogens (tertiary/aromatic N) is 1. The summed E-state index contributed by atoms with van der Waals surface area (Å²) in [5.41, 5.74) is 0.993. The maximum absolute atomic E-state index is 12.6. The van der Waals surface area contributed by atoms with Gasteiger partial charge in [0.15, 0.2) is 11.5 Å². The first-order valence-corrected chi connectivity index (χ1v) is 8.83. The molecular formula is C20H17ClN2O4. The number of amides is 1. The molecule has 0 spiro atoms. The first-order chi connectivity index (χ1) is 13.1. The van der Waals surface area contributed by atoms with E-state index in [-0.39, 0.29) is 17.2 Å². The first-order valence-electron chi connectivity index (χ1n) is 8.45. The van der Waals surface area contributed by atoms with Crippen LogP contribution in [0, 0.1) is 0 Å². The molecule has 27 heavy (non-hydrogen) atoms. The number of carbonyl (C=O) groups is 1. The summed E-state index contributed by atoms with van der Waals surface area (Å²) in [6, 6.07) is 14.5. The molecule has 2 heterocycles. The van der Waals surface area contributed by atoms with Gasteiger partial charge >= 0.3 is 0 Å². The summed E-state index contributed by atoms with van der Waals surface area (Å²) in [5, 5.41) is 3.76. The lowest BCUT2D eigenvalue weighted by Gasteiger charge is -2.26. The molecule has 0 fully saturated rings. The Balaban J connectivity index is 1.47. The Labute approximate surface area is 161 Å². The van der Waals surface area contributed by atoms with Gasteiger partial charge in [-0.15, -0.1) is 0 Å². The zero-order chi connectivity index (χ0) is 18.8. The van der Waals surface area contributed by atoms with Gasteiger partial charge in [-0.2, -0.15) is 0 Å². The number of hydrogen-bond donors (Lipinski definition) is 1. The average molecular weight is 385 g/mol. The second-order valence-corrected chi connectivity index (χ2v) is 6.45. The summed E-state index contributed by atoms with van der Waals surface area (Å²) >= 11 is 6.20. The van der Waals surface area contributed by atoms with E-state index < -0.39 is 0 Å². The zero-order valence-electron chi connectivity index (χ0n) is 14.6. The summed E-state index contributed by atoms with van der Waals surface area (Å²) in [4.78, 5) is 16.9. The van der Waals surface area contributed by atoms with E-state index in [9.17, 15) is 4.79 Å². The molecular weight excluding hydrogens is 368 g/mol. The van der Waals surface area contributed by atoms with E-state index in [0.29, 0.717) is 41.5 Å². The van der Waals surface area contributed by atoms with Crippen LogP contribution < -0.4 is 19.5 Å². The number of hydrogen-bond acceptors (Lipinski definition) is 5. The fraction of sp³-hybridized carbons (Fsp3) is 0.200. The van der Waals surface area contributed by atoms with Crippen LogP contribution in [0.25, 0.3) is 10.9 Å². The van der Waals surface area contributed by atoms with Gasteiger partial charge in [-0.05, 0) is 36.4 Å². The lowest BCUT2D eigenvalue weighted by molar-refractivity contribution is 0.0789. The van der Waals surface area contributed by atoms with Gasteiger partial charge in [-0.1, -0.05) is 23.7 Å². The van der Waals surface area contributed by atoms with Gasteiger partial charge in [-0.25, -0.2) is 4.98 Å². The van der Waals surface area contributed by atoms with Crippen molar-refractivity contribution in [2.75, 3.05) is 20.3 Å². The molecule has 1 amide bonds. The quantitative estimate of drug-likeness (QED) is 0.697. The Morgan fingerprint density at radius 2 is 2.07 bits per heavy atom. The van der Waals surface area contributed by atoms with E-state index in [1.807, 2.05) is 30.3 Å². The van der Waals surface area contributed by atoms with Crippen LogP contribution in [0.1, 0.15) is 10.4 Å². The molecule has 0 saturated heterocycles. The Bertz CT molecular complexity index is 1010. The number of pyridine rings is 1. The minimum absolute atomic E-state index is 0.149. The average Bonchev–Trinajstić information content (AvgIpc) is 2.71. The molecule has 4 rings (SSSR count). The lowest BCUT2D eigenvalue weighted by atomic mass is 10.1. The topological polar surface area (TPSA) is 69.7 Å². The Morgan fingerprint density at radius 3 is 2.89 bits per heavy atom. The van der Waals surface area contributed by atoms with Crippen LogP contribution in [-0.4, -0.2) is 37.3 Å². The summed E-state index contributed by atoms with van der Waals surface area (Å²) < 4.78 is 16.7. The highest BCUT2D eigenvalue weighted by molar-refractivity contribution is 6.33. The van der Waals surface area contributed by atoms with E-state index >= 15 is 0 Å². The van der Waals surface area contributed by atoms with Crippen LogP contribution in [0.4, 0.5) is 0 Å². The molecule has 1 aliphatic rings. The predicted octanol–water partition coefficient (Wildman–Crippen LogP) is 3.47. The molecule has 0 bridgehead atoms. The summed E-state index contributed by atoms with van der Waals surface area (Å²) in [6.07, 6.45) is -0.281. The van der Waals surface area contributed by atoms with Crippen molar-refractivity contribution < 1.29 is 19.0 Å². The summed E-state index contributed by atoms with van der Waals surface area (Å²) in [6.45, 7) is 0.651. The fourth-order valence-electron chi connectivity index (χ4n) is 2.88. The van der Waals surface area contributed by atoms with Crippen LogP contribution >= 0.6 is 11.6 Å². The summed E-state index contributed by atoms with van der Waals surface area (Å²) in [5.74, 6) is 1.74. The number of fused-ring (bicyclic) bond motifs is 2. The first kappa shape index (κ1) is 17.4. The van der Waals surface area contributed by atoms with Crippen molar-refractivity contribution in [1.29, 1.82) is 0 Å². The third-order valence-corrected chi connectivity index (χ3v) is 4.57. The molecule has 7 heteroatoms. The number of nitrogens with one attached hydrogen (secondary N) is 1. The Kier molecular flexibility index (Phi) is 4.73. The van der Waals surface area contributed by atoms with Gasteiger partial charge in [0.05, 0.1) is 24.7 Å². The van der Waals surface area contributed by atoms with E-state index in [4.69, 9.17) is 25.8 Å². The van der Waals surface area contributed by atoms with Crippen LogP contribution in [-0.2, 0) is 0 Å². The molecule has 1 atom stereocenters. The SMILES string of the molecule is COc1ccc2nc(Cl)c(C(=O)NC[C@H]3COc4ccccc4O3)cc2c1. The van der Waals surface area contributed by atoms with Gasteiger partial charge in [0.25, 0.3) is 5.91 Å². The lowest BCUT2D eigenvalue weighted by Crippen LogP contribution is -2.40. The molecule has 0 radical (unpaired) electrons.